The summed E-state index contributed by atoms with van der Waals surface area (Å²) in [6.45, 7) is -0.273. The fourth-order valence-corrected chi connectivity index (χ4v) is 3.83. The molecule has 1 amide bonds. The lowest BCUT2D eigenvalue weighted by atomic mass is 9.84. The predicted octanol–water partition coefficient (Wildman–Crippen LogP) is 4.07. The maximum atomic E-state index is 13.2. The van der Waals surface area contributed by atoms with Crippen molar-refractivity contribution in [3.63, 3.8) is 0 Å². The van der Waals surface area contributed by atoms with Gasteiger partial charge >= 0.3 is 6.09 Å². The molecule has 1 atom stereocenters. The number of hydrogen-bond donors (Lipinski definition) is 2. The van der Waals surface area contributed by atoms with Gasteiger partial charge in [-0.15, -0.1) is 0 Å². The van der Waals surface area contributed by atoms with Gasteiger partial charge in [-0.25, -0.2) is 4.79 Å². The van der Waals surface area contributed by atoms with Crippen LogP contribution in [0.2, 0.25) is 0 Å². The Kier molecular flexibility index (Phi) is 5.91. The third-order valence-electron chi connectivity index (χ3n) is 5.32. The molecule has 0 aromatic heterocycles. The SMILES string of the molecule is O=C(O)N(CC(O)(C(=O)c1ccccc1)c1ccccc1)C1CCCCC1. The molecular weight excluding hydrogens is 342 g/mol. The number of carbonyl (C=O) groups is 2. The van der Waals surface area contributed by atoms with E-state index in [1.165, 1.54) is 4.90 Å². The zero-order valence-electron chi connectivity index (χ0n) is 15.3. The summed E-state index contributed by atoms with van der Waals surface area (Å²) in [5.74, 6) is -0.489. The van der Waals surface area contributed by atoms with E-state index in [0.29, 0.717) is 11.1 Å². The van der Waals surface area contributed by atoms with Crippen LogP contribution in [0.3, 0.4) is 0 Å². The summed E-state index contributed by atoms with van der Waals surface area (Å²) in [6.07, 6.45) is 3.44. The molecule has 3 rings (SSSR count). The number of ketones is 1. The van der Waals surface area contributed by atoms with Crippen LogP contribution in [0, 0.1) is 0 Å². The average molecular weight is 367 g/mol. The number of aliphatic hydroxyl groups is 1. The van der Waals surface area contributed by atoms with E-state index in [2.05, 4.69) is 0 Å². The lowest BCUT2D eigenvalue weighted by Crippen LogP contribution is -2.52. The van der Waals surface area contributed by atoms with Gasteiger partial charge in [-0.05, 0) is 18.4 Å². The first-order chi connectivity index (χ1) is 13.0. The van der Waals surface area contributed by atoms with Gasteiger partial charge in [-0.3, -0.25) is 4.79 Å². The molecule has 2 aromatic rings. The third kappa shape index (κ3) is 4.19. The summed E-state index contributed by atoms with van der Waals surface area (Å²) < 4.78 is 0. The van der Waals surface area contributed by atoms with Crippen LogP contribution in [0.4, 0.5) is 4.79 Å². The van der Waals surface area contributed by atoms with E-state index in [1.54, 1.807) is 60.7 Å². The first-order valence-electron chi connectivity index (χ1n) is 9.39. The average Bonchev–Trinajstić information content (AvgIpc) is 2.73. The molecule has 1 unspecified atom stereocenters. The molecule has 2 aromatic carbocycles. The number of carboxylic acid groups (broad SMARTS) is 1. The van der Waals surface area contributed by atoms with Crippen LogP contribution in [-0.2, 0) is 5.60 Å². The van der Waals surface area contributed by atoms with Gasteiger partial charge in [-0.1, -0.05) is 79.9 Å². The molecule has 0 aliphatic heterocycles. The molecule has 0 heterocycles. The van der Waals surface area contributed by atoms with Crippen molar-refractivity contribution in [1.29, 1.82) is 0 Å². The Hall–Kier alpha value is -2.66. The van der Waals surface area contributed by atoms with Crippen molar-refractivity contribution in [3.05, 3.63) is 71.8 Å². The summed E-state index contributed by atoms with van der Waals surface area (Å²) >= 11 is 0. The van der Waals surface area contributed by atoms with E-state index in [1.807, 2.05) is 0 Å². The number of rotatable bonds is 6. The molecule has 1 saturated carbocycles. The van der Waals surface area contributed by atoms with E-state index in [0.717, 1.165) is 32.1 Å². The molecule has 0 spiro atoms. The molecular formula is C22H25NO4. The third-order valence-corrected chi connectivity index (χ3v) is 5.32. The van der Waals surface area contributed by atoms with Crippen molar-refractivity contribution >= 4 is 11.9 Å². The highest BCUT2D eigenvalue weighted by Gasteiger charge is 2.43. The maximum Gasteiger partial charge on any atom is 0.407 e. The normalized spacial score (nSPS) is 17.1. The zero-order chi connectivity index (χ0) is 19.3. The Morgan fingerprint density at radius 3 is 2.04 bits per heavy atom. The number of hydrogen-bond acceptors (Lipinski definition) is 3. The molecule has 1 aliphatic rings. The van der Waals surface area contributed by atoms with Gasteiger partial charge in [0, 0.05) is 11.6 Å². The van der Waals surface area contributed by atoms with Crippen molar-refractivity contribution in [1.82, 2.24) is 4.90 Å². The van der Waals surface area contributed by atoms with Gasteiger partial charge in [0.25, 0.3) is 0 Å². The Morgan fingerprint density at radius 2 is 1.48 bits per heavy atom. The summed E-state index contributed by atoms with van der Waals surface area (Å²) in [5.41, 5.74) is -1.17. The maximum absolute atomic E-state index is 13.2. The van der Waals surface area contributed by atoms with Crippen LogP contribution in [-0.4, -0.2) is 39.6 Å². The molecule has 1 fully saturated rings. The van der Waals surface area contributed by atoms with Gasteiger partial charge in [0.05, 0.1) is 6.54 Å². The lowest BCUT2D eigenvalue weighted by Gasteiger charge is -2.38. The van der Waals surface area contributed by atoms with Crippen molar-refractivity contribution in [2.24, 2.45) is 0 Å². The summed E-state index contributed by atoms with van der Waals surface area (Å²) in [5, 5.41) is 21.3. The second kappa shape index (κ2) is 8.35. The number of Topliss-reactive ketones (excluding diaryl/α,β-unsaturated/α-hetero) is 1. The van der Waals surface area contributed by atoms with Crippen LogP contribution in [0.25, 0.3) is 0 Å². The van der Waals surface area contributed by atoms with Crippen LogP contribution >= 0.6 is 0 Å². The molecule has 0 saturated heterocycles. The second-order valence-corrected chi connectivity index (χ2v) is 7.12. The fourth-order valence-electron chi connectivity index (χ4n) is 3.83. The Morgan fingerprint density at radius 1 is 0.926 bits per heavy atom. The van der Waals surface area contributed by atoms with Gasteiger partial charge in [-0.2, -0.15) is 0 Å². The standard InChI is InChI=1S/C22H25NO4/c24-20(17-10-4-1-5-11-17)22(27,18-12-6-2-7-13-18)16-23(21(25)26)19-14-8-3-9-15-19/h1-2,4-7,10-13,19,27H,3,8-9,14-16H2,(H,25,26). The summed E-state index contributed by atoms with van der Waals surface area (Å²) in [6, 6.07) is 17.0. The van der Waals surface area contributed by atoms with Crippen LogP contribution in [0.15, 0.2) is 60.7 Å². The molecule has 0 radical (unpaired) electrons. The smallest absolute Gasteiger partial charge is 0.407 e. The molecule has 5 nitrogen and oxygen atoms in total. The molecule has 5 heteroatoms. The minimum atomic E-state index is -1.93. The monoisotopic (exact) mass is 367 g/mol. The van der Waals surface area contributed by atoms with E-state index in [-0.39, 0.29) is 12.6 Å². The van der Waals surface area contributed by atoms with E-state index >= 15 is 0 Å². The molecule has 0 bridgehead atoms. The Bertz CT molecular complexity index is 771. The van der Waals surface area contributed by atoms with Crippen molar-refractivity contribution in [2.75, 3.05) is 6.54 Å². The van der Waals surface area contributed by atoms with Crippen molar-refractivity contribution in [3.8, 4) is 0 Å². The molecule has 1 aliphatic carbocycles. The lowest BCUT2D eigenvalue weighted by molar-refractivity contribution is -0.000905. The van der Waals surface area contributed by atoms with Crippen LogP contribution in [0.1, 0.15) is 48.0 Å². The first kappa shape index (κ1) is 19.1. The van der Waals surface area contributed by atoms with Gasteiger partial charge in [0.15, 0.2) is 5.60 Å². The quantitative estimate of drug-likeness (QED) is 0.755. The Balaban J connectivity index is 1.98. The van der Waals surface area contributed by atoms with Gasteiger partial charge < -0.3 is 15.1 Å². The van der Waals surface area contributed by atoms with Crippen LogP contribution < -0.4 is 0 Å². The number of benzene rings is 2. The largest absolute Gasteiger partial charge is 0.465 e. The highest BCUT2D eigenvalue weighted by molar-refractivity contribution is 6.03. The van der Waals surface area contributed by atoms with Crippen molar-refractivity contribution < 1.29 is 19.8 Å². The first-order valence-corrected chi connectivity index (χ1v) is 9.39. The fraction of sp³-hybridized carbons (Fsp3) is 0.364. The highest BCUT2D eigenvalue weighted by atomic mass is 16.4. The number of amides is 1. The van der Waals surface area contributed by atoms with Crippen LogP contribution in [0.5, 0.6) is 0 Å². The zero-order valence-corrected chi connectivity index (χ0v) is 15.3. The number of carbonyl (C=O) groups excluding carboxylic acids is 1. The van der Waals surface area contributed by atoms with E-state index in [9.17, 15) is 19.8 Å². The molecule has 142 valence electrons. The number of nitrogens with zero attached hydrogens (tertiary/aromatic N) is 1. The van der Waals surface area contributed by atoms with E-state index < -0.39 is 17.5 Å². The summed E-state index contributed by atoms with van der Waals surface area (Å²) in [7, 11) is 0. The van der Waals surface area contributed by atoms with Gasteiger partial charge in [0.1, 0.15) is 0 Å². The minimum Gasteiger partial charge on any atom is -0.465 e. The topological polar surface area (TPSA) is 77.8 Å². The minimum absolute atomic E-state index is 0.171. The predicted molar refractivity (Wildman–Crippen MR) is 103 cm³/mol. The Labute approximate surface area is 159 Å². The summed E-state index contributed by atoms with van der Waals surface area (Å²) in [4.78, 5) is 26.5. The van der Waals surface area contributed by atoms with E-state index in [4.69, 9.17) is 0 Å². The molecule has 27 heavy (non-hydrogen) atoms. The van der Waals surface area contributed by atoms with Crippen molar-refractivity contribution in [2.45, 2.75) is 43.7 Å². The highest BCUT2D eigenvalue weighted by Crippen LogP contribution is 2.31. The van der Waals surface area contributed by atoms with Gasteiger partial charge in [0.2, 0.25) is 5.78 Å². The second-order valence-electron chi connectivity index (χ2n) is 7.12. The molecule has 2 N–H and O–H groups in total.